The molecule has 6 nitrogen and oxygen atoms in total. The Morgan fingerprint density at radius 1 is 1.25 bits per heavy atom. The van der Waals surface area contributed by atoms with Crippen molar-refractivity contribution < 1.29 is 9.59 Å². The van der Waals surface area contributed by atoms with Crippen LogP contribution in [-0.4, -0.2) is 48.8 Å². The summed E-state index contributed by atoms with van der Waals surface area (Å²) in [5, 5.41) is 11.9. The number of anilines is 1. The van der Waals surface area contributed by atoms with Crippen LogP contribution in [0.2, 0.25) is 0 Å². The van der Waals surface area contributed by atoms with E-state index in [1.165, 1.54) is 0 Å². The maximum Gasteiger partial charge on any atom is 0.254 e. The third kappa shape index (κ3) is 4.11. The molecule has 1 aliphatic rings. The lowest BCUT2D eigenvalue weighted by Gasteiger charge is -2.14. The number of rotatable bonds is 6. The quantitative estimate of drug-likeness (QED) is 0.789. The summed E-state index contributed by atoms with van der Waals surface area (Å²) < 4.78 is 0. The lowest BCUT2D eigenvalue weighted by Crippen LogP contribution is -2.27. The normalized spacial score (nSPS) is 12.6. The molecule has 0 aromatic heterocycles. The summed E-state index contributed by atoms with van der Waals surface area (Å²) >= 11 is 0. The molecule has 0 bridgehead atoms. The Morgan fingerprint density at radius 2 is 1.96 bits per heavy atom. The zero-order valence-corrected chi connectivity index (χ0v) is 16.0. The van der Waals surface area contributed by atoms with Crippen LogP contribution in [0, 0.1) is 11.3 Å². The highest BCUT2D eigenvalue weighted by Gasteiger charge is 2.29. The van der Waals surface area contributed by atoms with Crippen molar-refractivity contribution in [2.75, 3.05) is 32.5 Å². The Labute approximate surface area is 164 Å². The van der Waals surface area contributed by atoms with E-state index >= 15 is 0 Å². The smallest absolute Gasteiger partial charge is 0.254 e. The summed E-state index contributed by atoms with van der Waals surface area (Å²) in [6, 6.07) is 15.2. The molecule has 0 unspecified atom stereocenters. The number of carbonyl (C=O) groups excluding carboxylic acids is 2. The van der Waals surface area contributed by atoms with Crippen LogP contribution in [0.25, 0.3) is 11.1 Å². The molecule has 142 valence electrons. The Balaban J connectivity index is 1.88. The molecule has 0 saturated heterocycles. The first-order valence-electron chi connectivity index (χ1n) is 8.93. The highest BCUT2D eigenvalue weighted by molar-refractivity contribution is 6.01. The first-order valence-corrected chi connectivity index (χ1v) is 8.93. The Kier molecular flexibility index (Phi) is 5.57. The molecular formula is C22H22N4O2. The average Bonchev–Trinajstić information content (AvgIpc) is 2.97. The number of amides is 2. The van der Waals surface area contributed by atoms with Crippen molar-refractivity contribution in [2.24, 2.45) is 0 Å². The number of likely N-dealkylation sites (N-methyl/N-ethyl adjacent to an activating group) is 1. The Morgan fingerprint density at radius 3 is 2.68 bits per heavy atom. The SMILES string of the molecule is C=C(C#N)CN1Cc2c(cccc2-c2cccc(NC(=O)CN(C)C)c2)C1=O. The number of carbonyl (C=O) groups is 2. The van der Waals surface area contributed by atoms with Crippen LogP contribution in [0.3, 0.4) is 0 Å². The molecule has 28 heavy (non-hydrogen) atoms. The van der Waals surface area contributed by atoms with Crippen LogP contribution >= 0.6 is 0 Å². The number of hydrogen-bond acceptors (Lipinski definition) is 4. The fraction of sp³-hybridized carbons (Fsp3) is 0.227. The van der Waals surface area contributed by atoms with E-state index in [4.69, 9.17) is 5.26 Å². The van der Waals surface area contributed by atoms with Crippen molar-refractivity contribution >= 4 is 17.5 Å². The van der Waals surface area contributed by atoms with E-state index in [1.54, 1.807) is 15.9 Å². The predicted octanol–water partition coefficient (Wildman–Crippen LogP) is 2.89. The lowest BCUT2D eigenvalue weighted by molar-refractivity contribution is -0.116. The number of nitrogens with one attached hydrogen (secondary N) is 1. The van der Waals surface area contributed by atoms with Gasteiger partial charge in [0.25, 0.3) is 5.91 Å². The summed E-state index contributed by atoms with van der Waals surface area (Å²) in [7, 11) is 3.68. The van der Waals surface area contributed by atoms with Crippen molar-refractivity contribution in [3.8, 4) is 17.2 Å². The van der Waals surface area contributed by atoms with Crippen molar-refractivity contribution in [3.05, 3.63) is 65.7 Å². The zero-order chi connectivity index (χ0) is 20.3. The van der Waals surface area contributed by atoms with E-state index in [-0.39, 0.29) is 18.4 Å². The van der Waals surface area contributed by atoms with Gasteiger partial charge in [-0.3, -0.25) is 9.59 Å². The number of hydrogen-bond donors (Lipinski definition) is 1. The van der Waals surface area contributed by atoms with Gasteiger partial charge in [0, 0.05) is 23.4 Å². The number of benzene rings is 2. The molecule has 2 aromatic carbocycles. The second-order valence-electron chi connectivity index (χ2n) is 7.08. The van der Waals surface area contributed by atoms with Gasteiger partial charge in [0.2, 0.25) is 5.91 Å². The predicted molar refractivity (Wildman–Crippen MR) is 109 cm³/mol. The summed E-state index contributed by atoms with van der Waals surface area (Å²) in [5.74, 6) is -0.180. The van der Waals surface area contributed by atoms with Gasteiger partial charge in [-0.2, -0.15) is 5.26 Å². The minimum Gasteiger partial charge on any atom is -0.329 e. The van der Waals surface area contributed by atoms with Gasteiger partial charge in [0.15, 0.2) is 0 Å². The summed E-state index contributed by atoms with van der Waals surface area (Å²) in [6.45, 7) is 4.64. The summed E-state index contributed by atoms with van der Waals surface area (Å²) in [5.41, 5.74) is 4.50. The van der Waals surface area contributed by atoms with Crippen LogP contribution in [0.1, 0.15) is 15.9 Å². The Bertz CT molecular complexity index is 988. The third-order valence-electron chi connectivity index (χ3n) is 4.50. The van der Waals surface area contributed by atoms with Gasteiger partial charge in [-0.15, -0.1) is 0 Å². The summed E-state index contributed by atoms with van der Waals surface area (Å²) in [6.07, 6.45) is 0. The molecule has 0 radical (unpaired) electrons. The molecule has 0 spiro atoms. The molecule has 6 heteroatoms. The summed E-state index contributed by atoms with van der Waals surface area (Å²) in [4.78, 5) is 28.1. The molecule has 0 fully saturated rings. The van der Waals surface area contributed by atoms with Gasteiger partial charge in [-0.1, -0.05) is 30.8 Å². The van der Waals surface area contributed by atoms with Crippen molar-refractivity contribution in [1.29, 1.82) is 5.26 Å². The minimum atomic E-state index is -0.0938. The fourth-order valence-electron chi connectivity index (χ4n) is 3.31. The molecule has 3 rings (SSSR count). The Hall–Kier alpha value is -3.43. The van der Waals surface area contributed by atoms with Gasteiger partial charge in [-0.25, -0.2) is 0 Å². The molecule has 1 N–H and O–H groups in total. The zero-order valence-electron chi connectivity index (χ0n) is 16.0. The van der Waals surface area contributed by atoms with E-state index < -0.39 is 0 Å². The van der Waals surface area contributed by atoms with Gasteiger partial charge in [-0.05, 0) is 49.0 Å². The fourth-order valence-corrected chi connectivity index (χ4v) is 3.31. The van der Waals surface area contributed by atoms with Gasteiger partial charge < -0.3 is 15.1 Å². The van der Waals surface area contributed by atoms with E-state index in [9.17, 15) is 9.59 Å². The second kappa shape index (κ2) is 8.07. The first kappa shape index (κ1) is 19.3. The molecule has 1 heterocycles. The maximum absolute atomic E-state index is 12.7. The van der Waals surface area contributed by atoms with Gasteiger partial charge >= 0.3 is 0 Å². The average molecular weight is 374 g/mol. The number of nitrogens with zero attached hydrogens (tertiary/aromatic N) is 3. The van der Waals surface area contributed by atoms with Gasteiger partial charge in [0.05, 0.1) is 19.2 Å². The van der Waals surface area contributed by atoms with E-state index in [0.29, 0.717) is 29.9 Å². The highest BCUT2D eigenvalue weighted by atomic mass is 16.2. The second-order valence-corrected chi connectivity index (χ2v) is 7.08. The van der Waals surface area contributed by atoms with Crippen LogP contribution in [0.15, 0.2) is 54.6 Å². The molecule has 0 aliphatic carbocycles. The van der Waals surface area contributed by atoms with Crippen molar-refractivity contribution in [3.63, 3.8) is 0 Å². The molecule has 0 atom stereocenters. The maximum atomic E-state index is 12.7. The topological polar surface area (TPSA) is 76.4 Å². The lowest BCUT2D eigenvalue weighted by atomic mass is 9.96. The van der Waals surface area contributed by atoms with Crippen LogP contribution in [-0.2, 0) is 11.3 Å². The van der Waals surface area contributed by atoms with Crippen LogP contribution in [0.4, 0.5) is 5.69 Å². The molecule has 2 aromatic rings. The molecule has 0 saturated carbocycles. The minimum absolute atomic E-state index is 0.0863. The number of fused-ring (bicyclic) bond motifs is 1. The van der Waals surface area contributed by atoms with E-state index in [1.807, 2.05) is 56.6 Å². The molecule has 2 amide bonds. The van der Waals surface area contributed by atoms with E-state index in [2.05, 4.69) is 11.9 Å². The van der Waals surface area contributed by atoms with Crippen LogP contribution < -0.4 is 5.32 Å². The standard InChI is InChI=1S/C22H22N4O2/c1-15(11-23)12-26-13-20-18(8-5-9-19(20)22(26)28)16-6-4-7-17(10-16)24-21(27)14-25(2)3/h4-10H,1,12-14H2,2-3H3,(H,24,27). The van der Waals surface area contributed by atoms with Crippen molar-refractivity contribution in [1.82, 2.24) is 9.80 Å². The first-order chi connectivity index (χ1) is 13.4. The largest absolute Gasteiger partial charge is 0.329 e. The third-order valence-corrected chi connectivity index (χ3v) is 4.50. The highest BCUT2D eigenvalue weighted by Crippen LogP contribution is 2.33. The van der Waals surface area contributed by atoms with Crippen molar-refractivity contribution in [2.45, 2.75) is 6.54 Å². The van der Waals surface area contributed by atoms with Crippen LogP contribution in [0.5, 0.6) is 0 Å². The number of nitriles is 1. The monoisotopic (exact) mass is 374 g/mol. The molecular weight excluding hydrogens is 352 g/mol. The van der Waals surface area contributed by atoms with Gasteiger partial charge in [0.1, 0.15) is 0 Å². The van der Waals surface area contributed by atoms with E-state index in [0.717, 1.165) is 16.7 Å². The molecule has 1 aliphatic heterocycles.